The Morgan fingerprint density at radius 3 is 2.47 bits per heavy atom. The van der Waals surface area contributed by atoms with Crippen molar-refractivity contribution in [1.82, 2.24) is 15.3 Å². The van der Waals surface area contributed by atoms with Crippen LogP contribution in [0.25, 0.3) is 12.2 Å². The second-order valence-corrected chi connectivity index (χ2v) is 8.32. The monoisotopic (exact) mass is 446 g/mol. The molecule has 0 saturated carbocycles. The predicted molar refractivity (Wildman–Crippen MR) is 137 cm³/mol. The van der Waals surface area contributed by atoms with Crippen molar-refractivity contribution in [3.63, 3.8) is 0 Å². The van der Waals surface area contributed by atoms with Crippen LogP contribution < -0.4 is 10.2 Å². The Morgan fingerprint density at radius 1 is 0.882 bits per heavy atom. The molecular weight excluding hydrogens is 420 g/mol. The van der Waals surface area contributed by atoms with Gasteiger partial charge in [0.05, 0.1) is 0 Å². The Hall–Kier alpha value is -4.09. The van der Waals surface area contributed by atoms with Gasteiger partial charge < -0.3 is 10.2 Å². The van der Waals surface area contributed by atoms with E-state index >= 15 is 0 Å². The van der Waals surface area contributed by atoms with Crippen molar-refractivity contribution in [2.24, 2.45) is 0 Å². The first-order valence-electron chi connectivity index (χ1n) is 11.5. The van der Waals surface area contributed by atoms with Crippen molar-refractivity contribution in [2.45, 2.75) is 6.04 Å². The number of anilines is 1. The molecule has 2 aromatic heterocycles. The summed E-state index contributed by atoms with van der Waals surface area (Å²) in [7, 11) is 0. The number of benzene rings is 2. The van der Waals surface area contributed by atoms with Gasteiger partial charge in [-0.25, -0.2) is 4.98 Å². The lowest BCUT2D eigenvalue weighted by Crippen LogP contribution is -2.46. The van der Waals surface area contributed by atoms with Crippen LogP contribution in [0.3, 0.4) is 0 Å². The largest absolute Gasteiger partial charge is 0.353 e. The van der Waals surface area contributed by atoms with E-state index in [-0.39, 0.29) is 11.8 Å². The summed E-state index contributed by atoms with van der Waals surface area (Å²) in [5.41, 5.74) is 4.18. The van der Waals surface area contributed by atoms with Gasteiger partial charge in [-0.15, -0.1) is 0 Å². The van der Waals surface area contributed by atoms with Gasteiger partial charge in [0, 0.05) is 43.6 Å². The predicted octanol–water partition coefficient (Wildman–Crippen LogP) is 5.03. The molecule has 1 saturated heterocycles. The summed E-state index contributed by atoms with van der Waals surface area (Å²) >= 11 is 0. The third-order valence-corrected chi connectivity index (χ3v) is 5.96. The van der Waals surface area contributed by atoms with E-state index in [2.05, 4.69) is 39.5 Å². The summed E-state index contributed by atoms with van der Waals surface area (Å²) in [5, 5.41) is 3.58. The van der Waals surface area contributed by atoms with Gasteiger partial charge in [0.2, 0.25) is 5.78 Å². The van der Waals surface area contributed by atoms with Crippen LogP contribution in [0.2, 0.25) is 0 Å². The molecule has 34 heavy (non-hydrogen) atoms. The second-order valence-electron chi connectivity index (χ2n) is 8.32. The third kappa shape index (κ3) is 5.11. The zero-order valence-electron chi connectivity index (χ0n) is 18.8. The number of hydrogen-bond acceptors (Lipinski definition) is 5. The zero-order valence-corrected chi connectivity index (χ0v) is 18.8. The maximum absolute atomic E-state index is 13.2. The van der Waals surface area contributed by atoms with Crippen LogP contribution in [-0.4, -0.2) is 35.4 Å². The first-order chi connectivity index (χ1) is 16.8. The van der Waals surface area contributed by atoms with Crippen LogP contribution in [0.1, 0.15) is 38.8 Å². The molecule has 5 heteroatoms. The first kappa shape index (κ1) is 21.7. The van der Waals surface area contributed by atoms with Gasteiger partial charge in [-0.05, 0) is 34.9 Å². The number of aromatic nitrogens is 2. The molecule has 5 rings (SSSR count). The first-order valence-corrected chi connectivity index (χ1v) is 11.5. The fourth-order valence-corrected chi connectivity index (χ4v) is 4.17. The Balaban J connectivity index is 1.33. The van der Waals surface area contributed by atoms with Gasteiger partial charge in [-0.3, -0.25) is 9.78 Å². The normalized spacial score (nSPS) is 16.0. The quantitative estimate of drug-likeness (QED) is 0.421. The molecule has 0 spiro atoms. The van der Waals surface area contributed by atoms with Crippen LogP contribution >= 0.6 is 0 Å². The molecule has 1 atom stereocenters. The zero-order chi connectivity index (χ0) is 23.2. The van der Waals surface area contributed by atoms with E-state index in [0.717, 1.165) is 36.6 Å². The summed E-state index contributed by atoms with van der Waals surface area (Å²) in [6, 6.07) is 28.2. The molecule has 168 valence electrons. The topological polar surface area (TPSA) is 58.1 Å². The minimum atomic E-state index is -0.126. The maximum Gasteiger partial charge on any atom is 0.212 e. The summed E-state index contributed by atoms with van der Waals surface area (Å²) in [4.78, 5) is 24.5. The molecule has 0 radical (unpaired) electrons. The van der Waals surface area contributed by atoms with E-state index in [9.17, 15) is 4.79 Å². The molecule has 1 fully saturated rings. The molecule has 0 bridgehead atoms. The van der Waals surface area contributed by atoms with Gasteiger partial charge >= 0.3 is 0 Å². The molecule has 2 aromatic carbocycles. The van der Waals surface area contributed by atoms with Crippen molar-refractivity contribution >= 4 is 23.8 Å². The highest BCUT2D eigenvalue weighted by Crippen LogP contribution is 2.22. The van der Waals surface area contributed by atoms with Crippen LogP contribution in [0.4, 0.5) is 5.82 Å². The van der Waals surface area contributed by atoms with Gasteiger partial charge in [-0.1, -0.05) is 78.9 Å². The number of carbonyl (C=O) groups excluding carboxylic acids is 1. The molecule has 1 N–H and O–H groups in total. The van der Waals surface area contributed by atoms with Crippen molar-refractivity contribution in [1.29, 1.82) is 0 Å². The van der Waals surface area contributed by atoms with Gasteiger partial charge in [0.15, 0.2) is 0 Å². The summed E-state index contributed by atoms with van der Waals surface area (Å²) in [6.45, 7) is 2.50. The lowest BCUT2D eigenvalue weighted by molar-refractivity contribution is 0.103. The number of rotatable bonds is 6. The number of carbonyl (C=O) groups is 1. The van der Waals surface area contributed by atoms with Gasteiger partial charge in [0.1, 0.15) is 11.5 Å². The average Bonchev–Trinajstić information content (AvgIpc) is 2.93. The molecule has 4 aromatic rings. The Bertz CT molecular complexity index is 1290. The summed E-state index contributed by atoms with van der Waals surface area (Å²) in [5.74, 6) is 0.695. The summed E-state index contributed by atoms with van der Waals surface area (Å²) < 4.78 is 0. The maximum atomic E-state index is 13.2. The highest BCUT2D eigenvalue weighted by atomic mass is 16.1. The number of pyridine rings is 2. The standard InChI is InChI=1S/C29H26N4O/c34-29(25-18-23(19-30-20-25)15-14-22-8-3-1-4-9-22)26-12-7-13-28(32-26)33-17-16-31-27(21-33)24-10-5-2-6-11-24/h1-15,18-20,27,31H,16-17,21H2/b15-14+. The van der Waals surface area contributed by atoms with Crippen molar-refractivity contribution < 1.29 is 4.79 Å². The number of hydrogen-bond donors (Lipinski definition) is 1. The molecular formula is C29H26N4O. The molecule has 1 aliphatic heterocycles. The fraction of sp³-hybridized carbons (Fsp3) is 0.138. The van der Waals surface area contributed by atoms with Crippen molar-refractivity contribution in [2.75, 3.05) is 24.5 Å². The minimum Gasteiger partial charge on any atom is -0.353 e. The van der Waals surface area contributed by atoms with Crippen LogP contribution in [0.5, 0.6) is 0 Å². The van der Waals surface area contributed by atoms with Gasteiger partial charge in [-0.2, -0.15) is 0 Å². The van der Waals surface area contributed by atoms with Crippen LogP contribution in [0, 0.1) is 0 Å². The molecule has 1 unspecified atom stereocenters. The van der Waals surface area contributed by atoms with E-state index in [1.54, 1.807) is 18.5 Å². The average molecular weight is 447 g/mol. The Kier molecular flexibility index (Phi) is 6.54. The third-order valence-electron chi connectivity index (χ3n) is 5.96. The number of piperazine rings is 1. The highest BCUT2D eigenvalue weighted by molar-refractivity contribution is 6.08. The Labute approximate surface area is 199 Å². The molecule has 0 aliphatic carbocycles. The molecule has 0 amide bonds. The van der Waals surface area contributed by atoms with E-state index in [4.69, 9.17) is 4.98 Å². The molecule has 3 heterocycles. The minimum absolute atomic E-state index is 0.126. The number of nitrogens with zero attached hydrogens (tertiary/aromatic N) is 3. The van der Waals surface area contributed by atoms with E-state index in [1.807, 2.05) is 66.7 Å². The second kappa shape index (κ2) is 10.2. The van der Waals surface area contributed by atoms with Crippen LogP contribution in [-0.2, 0) is 0 Å². The van der Waals surface area contributed by atoms with E-state index < -0.39 is 0 Å². The van der Waals surface area contributed by atoms with Crippen molar-refractivity contribution in [3.8, 4) is 0 Å². The number of ketones is 1. The summed E-state index contributed by atoms with van der Waals surface area (Å²) in [6.07, 6.45) is 7.34. The van der Waals surface area contributed by atoms with E-state index in [1.165, 1.54) is 5.56 Å². The van der Waals surface area contributed by atoms with Gasteiger partial charge in [0.25, 0.3) is 0 Å². The molecule has 1 aliphatic rings. The number of nitrogens with one attached hydrogen (secondary N) is 1. The lowest BCUT2D eigenvalue weighted by Gasteiger charge is -2.35. The van der Waals surface area contributed by atoms with E-state index in [0.29, 0.717) is 11.3 Å². The van der Waals surface area contributed by atoms with Crippen LogP contribution in [0.15, 0.2) is 97.3 Å². The smallest absolute Gasteiger partial charge is 0.212 e. The highest BCUT2D eigenvalue weighted by Gasteiger charge is 2.22. The lowest BCUT2D eigenvalue weighted by atomic mass is 10.0. The fourth-order valence-electron chi connectivity index (χ4n) is 4.17. The molecule has 5 nitrogen and oxygen atoms in total. The Morgan fingerprint density at radius 2 is 1.65 bits per heavy atom. The van der Waals surface area contributed by atoms with Crippen molar-refractivity contribution in [3.05, 3.63) is 125 Å². The SMILES string of the molecule is O=C(c1cncc(/C=C/c2ccccc2)c1)c1cccc(N2CCNC(c3ccccc3)C2)n1.